The van der Waals surface area contributed by atoms with E-state index in [-0.39, 0.29) is 16.4 Å². The summed E-state index contributed by atoms with van der Waals surface area (Å²) in [6, 6.07) is 5.33. The minimum atomic E-state index is -3.88. The van der Waals surface area contributed by atoms with Gasteiger partial charge in [-0.05, 0) is 31.0 Å². The minimum absolute atomic E-state index is 0.0223. The Kier molecular flexibility index (Phi) is 7.53. The van der Waals surface area contributed by atoms with Crippen molar-refractivity contribution in [3.05, 3.63) is 29.8 Å². The molecule has 1 atom stereocenters. The Balaban J connectivity index is 2.87. The van der Waals surface area contributed by atoms with Crippen LogP contribution in [0.5, 0.6) is 0 Å². The average molecular weight is 372 g/mol. The van der Waals surface area contributed by atoms with Crippen molar-refractivity contribution >= 4 is 21.9 Å². The first-order valence-corrected chi connectivity index (χ1v) is 9.15. The number of amides is 1. The summed E-state index contributed by atoms with van der Waals surface area (Å²) in [5, 5.41) is 2.66. The maximum Gasteiger partial charge on any atom is 0.338 e. The van der Waals surface area contributed by atoms with Gasteiger partial charge in [0.05, 0.1) is 17.6 Å². The van der Waals surface area contributed by atoms with Gasteiger partial charge in [0.15, 0.2) is 6.10 Å². The van der Waals surface area contributed by atoms with Crippen LogP contribution in [0, 0.1) is 5.92 Å². The van der Waals surface area contributed by atoms with E-state index in [4.69, 9.17) is 4.74 Å². The molecule has 0 saturated heterocycles. The summed E-state index contributed by atoms with van der Waals surface area (Å²) in [6.45, 7) is 5.81. The number of nitrogens with one attached hydrogen (secondary N) is 1. The second kappa shape index (κ2) is 8.93. The van der Waals surface area contributed by atoms with E-state index < -0.39 is 28.0 Å². The number of hydrogen-bond donors (Lipinski definition) is 1. The summed E-state index contributed by atoms with van der Waals surface area (Å²) in [5.74, 6) is -0.930. The van der Waals surface area contributed by atoms with Gasteiger partial charge in [-0.15, -0.1) is 0 Å². The lowest BCUT2D eigenvalue weighted by molar-refractivity contribution is -0.129. The second-order valence-electron chi connectivity index (χ2n) is 5.81. The van der Waals surface area contributed by atoms with Crippen LogP contribution >= 0.6 is 0 Å². The third kappa shape index (κ3) is 5.80. The fraction of sp³-hybridized carbons (Fsp3) is 0.500. The van der Waals surface area contributed by atoms with Gasteiger partial charge in [-0.25, -0.2) is 13.2 Å². The molecule has 0 fully saturated rings. The molecule has 0 aromatic heterocycles. The third-order valence-electron chi connectivity index (χ3n) is 3.30. The van der Waals surface area contributed by atoms with Crippen molar-refractivity contribution in [3.63, 3.8) is 0 Å². The average Bonchev–Trinajstić information content (AvgIpc) is 2.58. The SMILES string of the molecule is CON(C)S(=O)(=O)c1cccc(C(=O)O[C@H](C)C(=O)NCC(C)C)c1. The molecule has 0 unspecified atom stereocenters. The van der Waals surface area contributed by atoms with Crippen LogP contribution in [0.3, 0.4) is 0 Å². The number of benzene rings is 1. The van der Waals surface area contributed by atoms with E-state index in [1.165, 1.54) is 45.3 Å². The number of esters is 1. The molecule has 8 nitrogen and oxygen atoms in total. The van der Waals surface area contributed by atoms with Gasteiger partial charge in [-0.2, -0.15) is 0 Å². The molecular weight excluding hydrogens is 348 g/mol. The number of sulfonamides is 1. The van der Waals surface area contributed by atoms with Crippen LogP contribution in [0.4, 0.5) is 0 Å². The molecule has 0 radical (unpaired) electrons. The third-order valence-corrected chi connectivity index (χ3v) is 4.98. The summed E-state index contributed by atoms with van der Waals surface area (Å²) >= 11 is 0. The van der Waals surface area contributed by atoms with Gasteiger partial charge < -0.3 is 10.1 Å². The number of hydroxylamine groups is 1. The summed E-state index contributed by atoms with van der Waals surface area (Å²) in [7, 11) is -1.43. The highest BCUT2D eigenvalue weighted by atomic mass is 32.2. The number of nitrogens with zero attached hydrogens (tertiary/aromatic N) is 1. The quantitative estimate of drug-likeness (QED) is 0.543. The number of carbonyl (C=O) groups excluding carboxylic acids is 2. The topological polar surface area (TPSA) is 102 Å². The largest absolute Gasteiger partial charge is 0.449 e. The molecule has 0 bridgehead atoms. The van der Waals surface area contributed by atoms with E-state index in [1.807, 2.05) is 13.8 Å². The predicted octanol–water partition coefficient (Wildman–Crippen LogP) is 1.19. The zero-order valence-corrected chi connectivity index (χ0v) is 15.8. The predicted molar refractivity (Wildman–Crippen MR) is 91.1 cm³/mol. The molecule has 0 heterocycles. The van der Waals surface area contributed by atoms with Gasteiger partial charge in [-0.1, -0.05) is 24.4 Å². The standard InChI is InChI=1S/C16H24N2O6S/c1-11(2)10-17-15(19)12(3)24-16(20)13-7-6-8-14(9-13)25(21,22)18(4)23-5/h6-9,11-12H,10H2,1-5H3,(H,17,19)/t12-/m1/s1. The zero-order valence-electron chi connectivity index (χ0n) is 15.0. The maximum atomic E-state index is 12.2. The Morgan fingerprint density at radius 2 is 1.88 bits per heavy atom. The zero-order chi connectivity index (χ0) is 19.2. The van der Waals surface area contributed by atoms with E-state index in [1.54, 1.807) is 0 Å². The van der Waals surface area contributed by atoms with E-state index >= 15 is 0 Å². The first-order valence-electron chi connectivity index (χ1n) is 7.71. The summed E-state index contributed by atoms with van der Waals surface area (Å²) in [4.78, 5) is 28.6. The van der Waals surface area contributed by atoms with Crippen molar-refractivity contribution in [1.82, 2.24) is 9.79 Å². The highest BCUT2D eigenvalue weighted by Gasteiger charge is 2.24. The fourth-order valence-electron chi connectivity index (χ4n) is 1.76. The summed E-state index contributed by atoms with van der Waals surface area (Å²) in [5.41, 5.74) is 0.0223. The highest BCUT2D eigenvalue weighted by Crippen LogP contribution is 2.17. The molecule has 0 aliphatic carbocycles. The van der Waals surface area contributed by atoms with Crippen molar-refractivity contribution in [1.29, 1.82) is 0 Å². The number of rotatable bonds is 8. The van der Waals surface area contributed by atoms with Gasteiger partial charge in [0, 0.05) is 13.6 Å². The van der Waals surface area contributed by atoms with Gasteiger partial charge >= 0.3 is 5.97 Å². The van der Waals surface area contributed by atoms with E-state index in [2.05, 4.69) is 10.2 Å². The van der Waals surface area contributed by atoms with Crippen LogP contribution in [0.1, 0.15) is 31.1 Å². The molecule has 1 aromatic rings. The highest BCUT2D eigenvalue weighted by molar-refractivity contribution is 7.89. The van der Waals surface area contributed by atoms with Crippen LogP contribution in [-0.2, 0) is 24.4 Å². The smallest absolute Gasteiger partial charge is 0.338 e. The number of ether oxygens (including phenoxy) is 1. The number of carbonyl (C=O) groups is 2. The Morgan fingerprint density at radius 1 is 1.24 bits per heavy atom. The van der Waals surface area contributed by atoms with Crippen LogP contribution in [0.15, 0.2) is 29.2 Å². The summed E-state index contributed by atoms with van der Waals surface area (Å²) in [6.07, 6.45) is -0.992. The molecule has 1 rings (SSSR count). The molecule has 25 heavy (non-hydrogen) atoms. The molecule has 0 saturated carbocycles. The van der Waals surface area contributed by atoms with Crippen molar-refractivity contribution in [2.45, 2.75) is 31.8 Å². The molecule has 1 aromatic carbocycles. The van der Waals surface area contributed by atoms with E-state index in [9.17, 15) is 18.0 Å². The van der Waals surface area contributed by atoms with E-state index in [0.717, 1.165) is 0 Å². The van der Waals surface area contributed by atoms with E-state index in [0.29, 0.717) is 11.0 Å². The van der Waals surface area contributed by atoms with Crippen LogP contribution in [0.2, 0.25) is 0 Å². The molecule has 1 N–H and O–H groups in total. The van der Waals surface area contributed by atoms with Crippen molar-refractivity contribution in [2.75, 3.05) is 20.7 Å². The Labute approximate surface area is 148 Å². The Morgan fingerprint density at radius 3 is 2.44 bits per heavy atom. The van der Waals surface area contributed by atoms with Crippen LogP contribution in [0.25, 0.3) is 0 Å². The van der Waals surface area contributed by atoms with Crippen molar-refractivity contribution < 1.29 is 27.6 Å². The molecule has 0 aliphatic heterocycles. The normalized spacial score (nSPS) is 12.9. The first kappa shape index (κ1) is 21.1. The number of hydrogen-bond acceptors (Lipinski definition) is 6. The lowest BCUT2D eigenvalue weighted by Gasteiger charge is -2.16. The van der Waals surface area contributed by atoms with Gasteiger partial charge in [0.25, 0.3) is 15.9 Å². The molecule has 1 amide bonds. The van der Waals surface area contributed by atoms with Gasteiger partial charge in [-0.3, -0.25) is 9.63 Å². The van der Waals surface area contributed by atoms with Crippen molar-refractivity contribution in [2.24, 2.45) is 5.92 Å². The first-order chi connectivity index (χ1) is 11.6. The maximum absolute atomic E-state index is 12.2. The Bertz CT molecular complexity index is 717. The Hall–Kier alpha value is -1.97. The molecular formula is C16H24N2O6S. The lowest BCUT2D eigenvalue weighted by Crippen LogP contribution is -2.37. The van der Waals surface area contributed by atoms with Crippen LogP contribution in [-0.4, -0.2) is 51.6 Å². The molecule has 0 spiro atoms. The van der Waals surface area contributed by atoms with Gasteiger partial charge in [0.1, 0.15) is 0 Å². The van der Waals surface area contributed by atoms with Crippen molar-refractivity contribution in [3.8, 4) is 0 Å². The lowest BCUT2D eigenvalue weighted by atomic mass is 10.2. The molecule has 140 valence electrons. The van der Waals surface area contributed by atoms with Gasteiger partial charge in [0.2, 0.25) is 0 Å². The molecule has 9 heteroatoms. The monoisotopic (exact) mass is 372 g/mol. The second-order valence-corrected chi connectivity index (χ2v) is 7.75. The summed E-state index contributed by atoms with van der Waals surface area (Å²) < 4.78 is 30.2. The minimum Gasteiger partial charge on any atom is -0.449 e. The van der Waals surface area contributed by atoms with Crippen LogP contribution < -0.4 is 5.32 Å². The fourth-order valence-corrected chi connectivity index (χ4v) is 2.78. The molecule has 0 aliphatic rings.